The van der Waals surface area contributed by atoms with Gasteiger partial charge in [0.15, 0.2) is 0 Å². The third-order valence-electron chi connectivity index (χ3n) is 4.70. The summed E-state index contributed by atoms with van der Waals surface area (Å²) in [6.07, 6.45) is 4.45. The van der Waals surface area contributed by atoms with Crippen molar-refractivity contribution in [2.24, 2.45) is 0 Å². The minimum atomic E-state index is -0.432. The van der Waals surface area contributed by atoms with Gasteiger partial charge in [-0.15, -0.1) is 0 Å². The van der Waals surface area contributed by atoms with Crippen molar-refractivity contribution in [3.05, 3.63) is 35.4 Å². The van der Waals surface area contributed by atoms with E-state index in [2.05, 4.69) is 43.4 Å². The highest BCUT2D eigenvalue weighted by Gasteiger charge is 2.23. The Labute approximate surface area is 145 Å². The maximum Gasteiger partial charge on any atom is 0.244 e. The molecule has 4 heteroatoms. The summed E-state index contributed by atoms with van der Waals surface area (Å²) in [5.41, 5.74) is 2.47. The Hall–Kier alpha value is -1.84. The first-order valence-electron chi connectivity index (χ1n) is 9.14. The number of nitrogens with one attached hydrogen (secondary N) is 1. The molecule has 1 aromatic rings. The lowest BCUT2D eigenvalue weighted by molar-refractivity contribution is -0.136. The largest absolute Gasteiger partial charge is 0.345 e. The summed E-state index contributed by atoms with van der Waals surface area (Å²) < 4.78 is 0. The van der Waals surface area contributed by atoms with Gasteiger partial charge in [0, 0.05) is 19.5 Å². The van der Waals surface area contributed by atoms with E-state index in [-0.39, 0.29) is 11.8 Å². The lowest BCUT2D eigenvalue weighted by Gasteiger charge is -2.29. The number of amides is 2. The summed E-state index contributed by atoms with van der Waals surface area (Å²) in [5, 5.41) is 2.85. The van der Waals surface area contributed by atoms with Crippen LogP contribution < -0.4 is 5.32 Å². The predicted molar refractivity (Wildman–Crippen MR) is 96.9 cm³/mol. The molecule has 4 nitrogen and oxygen atoms in total. The first kappa shape index (κ1) is 18.5. The van der Waals surface area contributed by atoms with Gasteiger partial charge in [-0.3, -0.25) is 9.59 Å². The zero-order chi connectivity index (χ0) is 17.5. The molecule has 1 saturated heterocycles. The van der Waals surface area contributed by atoms with Gasteiger partial charge in [0.05, 0.1) is 0 Å². The van der Waals surface area contributed by atoms with Crippen molar-refractivity contribution in [1.82, 2.24) is 10.2 Å². The van der Waals surface area contributed by atoms with Crippen LogP contribution in [0, 0.1) is 0 Å². The Morgan fingerprint density at radius 1 is 1.04 bits per heavy atom. The second kappa shape index (κ2) is 8.86. The van der Waals surface area contributed by atoms with E-state index in [1.807, 2.05) is 4.90 Å². The third-order valence-corrected chi connectivity index (χ3v) is 4.70. The van der Waals surface area contributed by atoms with Crippen LogP contribution in [0.5, 0.6) is 0 Å². The maximum atomic E-state index is 12.3. The molecule has 0 spiro atoms. The SMILES string of the molecule is CC(C)c1ccc(CCC(=O)N[C@@H](C)C(=O)N2CCCCC2)cc1. The number of carbonyl (C=O) groups excluding carboxylic acids is 2. The van der Waals surface area contributed by atoms with Gasteiger partial charge in [-0.25, -0.2) is 0 Å². The average Bonchev–Trinajstić information content (AvgIpc) is 2.60. The van der Waals surface area contributed by atoms with Crippen molar-refractivity contribution in [1.29, 1.82) is 0 Å². The van der Waals surface area contributed by atoms with Gasteiger partial charge in [0.2, 0.25) is 11.8 Å². The zero-order valence-electron chi connectivity index (χ0n) is 15.2. The van der Waals surface area contributed by atoms with Crippen LogP contribution >= 0.6 is 0 Å². The van der Waals surface area contributed by atoms with E-state index in [4.69, 9.17) is 0 Å². The fraction of sp³-hybridized carbons (Fsp3) is 0.600. The van der Waals surface area contributed by atoms with Crippen molar-refractivity contribution in [2.45, 2.75) is 64.8 Å². The molecule has 2 rings (SSSR count). The summed E-state index contributed by atoms with van der Waals surface area (Å²) in [6.45, 7) is 7.77. The van der Waals surface area contributed by atoms with Crippen LogP contribution in [0.15, 0.2) is 24.3 Å². The van der Waals surface area contributed by atoms with E-state index in [1.54, 1.807) is 6.92 Å². The summed E-state index contributed by atoms with van der Waals surface area (Å²) in [6, 6.07) is 8.00. The highest BCUT2D eigenvalue weighted by molar-refractivity contribution is 5.87. The van der Waals surface area contributed by atoms with E-state index in [0.717, 1.165) is 31.5 Å². The topological polar surface area (TPSA) is 49.4 Å². The molecule has 1 aliphatic heterocycles. The number of nitrogens with zero attached hydrogens (tertiary/aromatic N) is 1. The molecule has 1 aliphatic rings. The van der Waals surface area contributed by atoms with Crippen LogP contribution in [0.4, 0.5) is 0 Å². The van der Waals surface area contributed by atoms with Crippen LogP contribution in [-0.2, 0) is 16.0 Å². The maximum absolute atomic E-state index is 12.3. The number of carbonyl (C=O) groups is 2. The molecular formula is C20H30N2O2. The van der Waals surface area contributed by atoms with Crippen LogP contribution in [0.2, 0.25) is 0 Å². The number of rotatable bonds is 6. The van der Waals surface area contributed by atoms with Gasteiger partial charge < -0.3 is 10.2 Å². The Morgan fingerprint density at radius 3 is 2.25 bits per heavy atom. The van der Waals surface area contributed by atoms with Gasteiger partial charge in [-0.05, 0) is 49.7 Å². The number of hydrogen-bond donors (Lipinski definition) is 1. The average molecular weight is 330 g/mol. The van der Waals surface area contributed by atoms with Crippen molar-refractivity contribution in [2.75, 3.05) is 13.1 Å². The Morgan fingerprint density at radius 2 is 1.67 bits per heavy atom. The predicted octanol–water partition coefficient (Wildman–Crippen LogP) is 3.26. The van der Waals surface area contributed by atoms with Crippen LogP contribution in [0.25, 0.3) is 0 Å². The number of likely N-dealkylation sites (tertiary alicyclic amines) is 1. The molecule has 1 fully saturated rings. The minimum absolute atomic E-state index is 0.0457. The molecule has 0 radical (unpaired) electrons. The van der Waals surface area contributed by atoms with Crippen molar-refractivity contribution in [3.63, 3.8) is 0 Å². The Bertz CT molecular complexity index is 545. The fourth-order valence-electron chi connectivity index (χ4n) is 3.09. The molecule has 2 amide bonds. The summed E-state index contributed by atoms with van der Waals surface area (Å²) in [7, 11) is 0. The third kappa shape index (κ3) is 5.36. The first-order valence-corrected chi connectivity index (χ1v) is 9.14. The molecule has 132 valence electrons. The van der Waals surface area contributed by atoms with E-state index in [0.29, 0.717) is 18.8 Å². The molecule has 0 aromatic heterocycles. The monoisotopic (exact) mass is 330 g/mol. The van der Waals surface area contributed by atoms with Crippen molar-refractivity contribution in [3.8, 4) is 0 Å². The zero-order valence-corrected chi connectivity index (χ0v) is 15.2. The molecule has 0 bridgehead atoms. The van der Waals surface area contributed by atoms with Crippen LogP contribution in [-0.4, -0.2) is 35.8 Å². The fourth-order valence-corrected chi connectivity index (χ4v) is 3.09. The quantitative estimate of drug-likeness (QED) is 0.870. The second-order valence-corrected chi connectivity index (χ2v) is 7.07. The van der Waals surface area contributed by atoms with Gasteiger partial charge in [-0.2, -0.15) is 0 Å². The van der Waals surface area contributed by atoms with Crippen LogP contribution in [0.3, 0.4) is 0 Å². The molecule has 1 heterocycles. The van der Waals surface area contributed by atoms with Crippen molar-refractivity contribution >= 4 is 11.8 Å². The first-order chi connectivity index (χ1) is 11.5. The number of benzene rings is 1. The molecule has 1 atom stereocenters. The van der Waals surface area contributed by atoms with Crippen LogP contribution in [0.1, 0.15) is 63.5 Å². The number of hydrogen-bond acceptors (Lipinski definition) is 2. The summed E-state index contributed by atoms with van der Waals surface area (Å²) in [4.78, 5) is 26.3. The van der Waals surface area contributed by atoms with Crippen molar-refractivity contribution < 1.29 is 9.59 Å². The Kier molecular flexibility index (Phi) is 6.83. The molecule has 1 aromatic carbocycles. The molecular weight excluding hydrogens is 300 g/mol. The second-order valence-electron chi connectivity index (χ2n) is 7.07. The molecule has 1 N–H and O–H groups in total. The van der Waals surface area contributed by atoms with E-state index < -0.39 is 6.04 Å². The molecule has 24 heavy (non-hydrogen) atoms. The molecule has 0 saturated carbocycles. The smallest absolute Gasteiger partial charge is 0.244 e. The standard InChI is InChI=1S/C20H30N2O2/c1-15(2)18-10-7-17(8-11-18)9-12-19(23)21-16(3)20(24)22-13-5-4-6-14-22/h7-8,10-11,15-16H,4-6,9,12-14H2,1-3H3,(H,21,23)/t16-/m0/s1. The lowest BCUT2D eigenvalue weighted by Crippen LogP contribution is -2.48. The minimum Gasteiger partial charge on any atom is -0.345 e. The normalized spacial score (nSPS) is 16.1. The van der Waals surface area contributed by atoms with Gasteiger partial charge >= 0.3 is 0 Å². The molecule has 0 unspecified atom stereocenters. The number of piperidine rings is 1. The highest BCUT2D eigenvalue weighted by atomic mass is 16.2. The van der Waals surface area contributed by atoms with E-state index in [1.165, 1.54) is 12.0 Å². The van der Waals surface area contributed by atoms with E-state index in [9.17, 15) is 9.59 Å². The van der Waals surface area contributed by atoms with Gasteiger partial charge in [0.1, 0.15) is 6.04 Å². The van der Waals surface area contributed by atoms with E-state index >= 15 is 0 Å². The lowest BCUT2D eigenvalue weighted by atomic mass is 10.0. The summed E-state index contributed by atoms with van der Waals surface area (Å²) >= 11 is 0. The highest BCUT2D eigenvalue weighted by Crippen LogP contribution is 2.15. The summed E-state index contributed by atoms with van der Waals surface area (Å²) in [5.74, 6) is 0.508. The van der Waals surface area contributed by atoms with Gasteiger partial charge in [0.25, 0.3) is 0 Å². The number of aryl methyl sites for hydroxylation is 1. The Balaban J connectivity index is 1.76. The molecule has 0 aliphatic carbocycles. The van der Waals surface area contributed by atoms with Gasteiger partial charge in [-0.1, -0.05) is 38.1 Å².